The van der Waals surface area contributed by atoms with E-state index >= 15 is 0 Å². The topological polar surface area (TPSA) is 99.5 Å². The second kappa shape index (κ2) is 9.22. The van der Waals surface area contributed by atoms with Crippen LogP contribution in [0.1, 0.15) is 36.5 Å². The highest BCUT2D eigenvalue weighted by atomic mass is 35.5. The third-order valence-electron chi connectivity index (χ3n) is 3.67. The Hall–Kier alpha value is -1.99. The number of hydrazine groups is 1. The molecule has 0 radical (unpaired) electrons. The van der Waals surface area contributed by atoms with E-state index in [1.54, 1.807) is 18.2 Å². The van der Waals surface area contributed by atoms with Crippen molar-refractivity contribution in [1.82, 2.24) is 10.7 Å². The van der Waals surface area contributed by atoms with Crippen LogP contribution in [0.3, 0.4) is 0 Å². The molecule has 1 heterocycles. The van der Waals surface area contributed by atoms with Gasteiger partial charge in [0.2, 0.25) is 0 Å². The van der Waals surface area contributed by atoms with Gasteiger partial charge in [-0.3, -0.25) is 10.2 Å². The number of halogens is 1. The maximum Gasteiger partial charge on any atom is 0.319 e. The van der Waals surface area contributed by atoms with Crippen LogP contribution in [-0.2, 0) is 0 Å². The standard InChI is InChI=1S/C15H23N5O2.ClH/c1-2-17-15(22)18-12-7-6-11(14(21)19-16)10-13(12)20-8-4-3-5-9-20;/h6-7,10H,2-5,8-9,16H2,1H3,(H,19,21)(H2,17,18,22);1H. The van der Waals surface area contributed by atoms with Crippen LogP contribution < -0.4 is 26.8 Å². The summed E-state index contributed by atoms with van der Waals surface area (Å²) in [5.74, 6) is 4.85. The van der Waals surface area contributed by atoms with Gasteiger partial charge in [-0.1, -0.05) is 0 Å². The Labute approximate surface area is 142 Å². The minimum Gasteiger partial charge on any atom is -0.370 e. The minimum atomic E-state index is -0.345. The van der Waals surface area contributed by atoms with Crippen LogP contribution in [0.4, 0.5) is 16.2 Å². The molecular formula is C15H24ClN5O2. The van der Waals surface area contributed by atoms with Gasteiger partial charge in [0.05, 0.1) is 11.4 Å². The molecule has 7 nitrogen and oxygen atoms in total. The van der Waals surface area contributed by atoms with Crippen LogP contribution in [0.2, 0.25) is 0 Å². The van der Waals surface area contributed by atoms with Gasteiger partial charge in [-0.25, -0.2) is 10.6 Å². The number of hydrogen-bond donors (Lipinski definition) is 4. The Morgan fingerprint density at radius 2 is 1.91 bits per heavy atom. The first-order valence-corrected chi connectivity index (χ1v) is 7.60. The molecule has 0 aromatic heterocycles. The van der Waals surface area contributed by atoms with Crippen molar-refractivity contribution in [2.24, 2.45) is 5.84 Å². The molecule has 5 N–H and O–H groups in total. The molecular weight excluding hydrogens is 318 g/mol. The van der Waals surface area contributed by atoms with Crippen molar-refractivity contribution in [2.75, 3.05) is 29.9 Å². The highest BCUT2D eigenvalue weighted by Gasteiger charge is 2.18. The highest BCUT2D eigenvalue weighted by molar-refractivity contribution is 5.98. The predicted octanol–water partition coefficient (Wildman–Crippen LogP) is 1.84. The molecule has 3 amide bonds. The summed E-state index contributed by atoms with van der Waals surface area (Å²) in [6, 6.07) is 4.91. The lowest BCUT2D eigenvalue weighted by molar-refractivity contribution is 0.0953. The van der Waals surface area contributed by atoms with Gasteiger partial charge in [0.25, 0.3) is 5.91 Å². The van der Waals surface area contributed by atoms with E-state index in [1.165, 1.54) is 6.42 Å². The van der Waals surface area contributed by atoms with E-state index in [9.17, 15) is 9.59 Å². The molecule has 23 heavy (non-hydrogen) atoms. The molecule has 1 aromatic carbocycles. The first-order valence-electron chi connectivity index (χ1n) is 7.60. The van der Waals surface area contributed by atoms with E-state index in [0.29, 0.717) is 17.8 Å². The van der Waals surface area contributed by atoms with Crippen LogP contribution >= 0.6 is 12.4 Å². The minimum absolute atomic E-state index is 0. The molecule has 1 fully saturated rings. The normalized spacial score (nSPS) is 13.7. The maximum atomic E-state index is 11.8. The predicted molar refractivity (Wildman–Crippen MR) is 94.1 cm³/mol. The third-order valence-corrected chi connectivity index (χ3v) is 3.67. The van der Waals surface area contributed by atoms with Crippen molar-refractivity contribution in [3.05, 3.63) is 23.8 Å². The largest absolute Gasteiger partial charge is 0.370 e. The van der Waals surface area contributed by atoms with Crippen LogP contribution in [0.15, 0.2) is 18.2 Å². The molecule has 1 aliphatic rings. The second-order valence-electron chi connectivity index (χ2n) is 5.24. The summed E-state index contributed by atoms with van der Waals surface area (Å²) in [6.07, 6.45) is 3.42. The smallest absolute Gasteiger partial charge is 0.319 e. The number of nitrogen functional groups attached to an aromatic ring is 1. The summed E-state index contributed by atoms with van der Waals surface area (Å²) in [4.78, 5) is 25.7. The van der Waals surface area contributed by atoms with Crippen LogP contribution in [0, 0.1) is 0 Å². The maximum absolute atomic E-state index is 11.8. The fourth-order valence-electron chi connectivity index (χ4n) is 2.59. The fraction of sp³-hybridized carbons (Fsp3) is 0.467. The van der Waals surface area contributed by atoms with E-state index in [2.05, 4.69) is 21.0 Å². The molecule has 8 heteroatoms. The molecule has 0 unspecified atom stereocenters. The van der Waals surface area contributed by atoms with E-state index < -0.39 is 0 Å². The summed E-state index contributed by atoms with van der Waals surface area (Å²) in [5.41, 5.74) is 4.16. The number of nitrogens with zero attached hydrogens (tertiary/aromatic N) is 1. The quantitative estimate of drug-likeness (QED) is 0.381. The molecule has 1 aromatic rings. The molecule has 128 valence electrons. The zero-order valence-corrected chi connectivity index (χ0v) is 14.0. The number of hydrogen-bond acceptors (Lipinski definition) is 4. The van der Waals surface area contributed by atoms with Gasteiger partial charge < -0.3 is 15.5 Å². The van der Waals surface area contributed by atoms with Crippen molar-refractivity contribution in [3.8, 4) is 0 Å². The van der Waals surface area contributed by atoms with Gasteiger partial charge >= 0.3 is 6.03 Å². The lowest BCUT2D eigenvalue weighted by Crippen LogP contribution is -2.33. The second-order valence-corrected chi connectivity index (χ2v) is 5.24. The first-order chi connectivity index (χ1) is 10.7. The average molecular weight is 342 g/mol. The van der Waals surface area contributed by atoms with Crippen molar-refractivity contribution >= 4 is 35.7 Å². The summed E-state index contributed by atoms with van der Waals surface area (Å²) < 4.78 is 0. The molecule has 0 aliphatic carbocycles. The Balaban J connectivity index is 0.00000264. The Kier molecular flexibility index (Phi) is 7.64. The number of rotatable bonds is 4. The number of nitrogens with two attached hydrogens (primary N) is 1. The van der Waals surface area contributed by atoms with Crippen LogP contribution in [0.5, 0.6) is 0 Å². The molecule has 0 spiro atoms. The summed E-state index contributed by atoms with van der Waals surface area (Å²) >= 11 is 0. The number of carbonyl (C=O) groups is 2. The highest BCUT2D eigenvalue weighted by Crippen LogP contribution is 2.29. The number of benzene rings is 1. The summed E-state index contributed by atoms with van der Waals surface area (Å²) in [5, 5.41) is 5.54. The Morgan fingerprint density at radius 3 is 2.52 bits per heavy atom. The van der Waals surface area contributed by atoms with Crippen molar-refractivity contribution < 1.29 is 9.59 Å². The van der Waals surface area contributed by atoms with E-state index in [1.807, 2.05) is 6.92 Å². The zero-order valence-electron chi connectivity index (χ0n) is 13.2. The third kappa shape index (κ3) is 5.01. The van der Waals surface area contributed by atoms with Gasteiger partial charge in [-0.05, 0) is 44.4 Å². The number of nitrogens with one attached hydrogen (secondary N) is 3. The first kappa shape index (κ1) is 19.1. The number of piperidine rings is 1. The summed E-state index contributed by atoms with van der Waals surface area (Å²) in [6.45, 7) is 4.24. The van der Waals surface area contributed by atoms with E-state index in [0.717, 1.165) is 31.6 Å². The van der Waals surface area contributed by atoms with Gasteiger partial charge in [-0.15, -0.1) is 12.4 Å². The monoisotopic (exact) mass is 341 g/mol. The molecule has 2 rings (SSSR count). The number of carbonyl (C=O) groups excluding carboxylic acids is 2. The van der Waals surface area contributed by atoms with Crippen LogP contribution in [-0.4, -0.2) is 31.6 Å². The zero-order chi connectivity index (χ0) is 15.9. The number of amides is 3. The Morgan fingerprint density at radius 1 is 1.22 bits per heavy atom. The van der Waals surface area contributed by atoms with Gasteiger partial charge in [-0.2, -0.15) is 0 Å². The molecule has 0 saturated carbocycles. The van der Waals surface area contributed by atoms with Crippen molar-refractivity contribution in [3.63, 3.8) is 0 Å². The average Bonchev–Trinajstić information content (AvgIpc) is 2.55. The molecule has 0 atom stereocenters. The van der Waals surface area contributed by atoms with Crippen molar-refractivity contribution in [2.45, 2.75) is 26.2 Å². The number of urea groups is 1. The lowest BCUT2D eigenvalue weighted by Gasteiger charge is -2.31. The molecule has 1 saturated heterocycles. The Bertz CT molecular complexity index is 547. The SMILES string of the molecule is CCNC(=O)Nc1ccc(C(=O)NN)cc1N1CCCCC1.Cl. The van der Waals surface area contributed by atoms with E-state index in [4.69, 9.17) is 5.84 Å². The molecule has 1 aliphatic heterocycles. The van der Waals surface area contributed by atoms with Gasteiger partial charge in [0.1, 0.15) is 0 Å². The van der Waals surface area contributed by atoms with Gasteiger partial charge in [0, 0.05) is 25.2 Å². The summed E-state index contributed by atoms with van der Waals surface area (Å²) in [7, 11) is 0. The number of anilines is 2. The lowest BCUT2D eigenvalue weighted by atomic mass is 10.1. The fourth-order valence-corrected chi connectivity index (χ4v) is 2.59. The van der Waals surface area contributed by atoms with Crippen molar-refractivity contribution in [1.29, 1.82) is 0 Å². The van der Waals surface area contributed by atoms with Gasteiger partial charge in [0.15, 0.2) is 0 Å². The molecule has 0 bridgehead atoms. The van der Waals surface area contributed by atoms with E-state index in [-0.39, 0.29) is 24.3 Å². The van der Waals surface area contributed by atoms with Crippen LogP contribution in [0.25, 0.3) is 0 Å².